The van der Waals surface area contributed by atoms with Crippen molar-refractivity contribution in [1.29, 1.82) is 0 Å². The lowest BCUT2D eigenvalue weighted by atomic mass is 10.1. The Hall–Kier alpha value is -1.08. The van der Waals surface area contributed by atoms with Crippen molar-refractivity contribution in [3.05, 3.63) is 16.3 Å². The molecule has 1 N–H and O–H groups in total. The molecule has 1 aliphatic rings. The minimum Gasteiger partial charge on any atom is -0.479 e. The predicted molar refractivity (Wildman–Crippen MR) is 68.1 cm³/mol. The van der Waals surface area contributed by atoms with Crippen molar-refractivity contribution in [2.45, 2.75) is 17.0 Å². The molecule has 2 heterocycles. The molecule has 1 aromatic heterocycles. The van der Waals surface area contributed by atoms with E-state index in [4.69, 9.17) is 5.11 Å². The van der Waals surface area contributed by atoms with Crippen LogP contribution in [-0.2, 0) is 4.79 Å². The van der Waals surface area contributed by atoms with E-state index in [0.717, 1.165) is 4.90 Å². The molecule has 0 saturated carbocycles. The molecule has 0 aliphatic carbocycles. The lowest BCUT2D eigenvalue weighted by Gasteiger charge is -2.17. The molecule has 98 valence electrons. The Morgan fingerprint density at radius 2 is 2.33 bits per heavy atom. The van der Waals surface area contributed by atoms with Crippen LogP contribution in [0, 0.1) is 0 Å². The molecule has 18 heavy (non-hydrogen) atoms. The lowest BCUT2D eigenvalue weighted by molar-refractivity contribution is -0.149. The number of thioether (sulfide) groups is 1. The van der Waals surface area contributed by atoms with E-state index in [2.05, 4.69) is 0 Å². The van der Waals surface area contributed by atoms with Gasteiger partial charge in [0.15, 0.2) is 0 Å². The van der Waals surface area contributed by atoms with Gasteiger partial charge >= 0.3 is 5.97 Å². The number of likely N-dealkylation sites (tertiary alicyclic amines) is 1. The maximum absolute atomic E-state index is 13.9. The number of nitrogens with zero attached hydrogens (tertiary/aromatic N) is 1. The van der Waals surface area contributed by atoms with Gasteiger partial charge in [0.2, 0.25) is 5.67 Å². The van der Waals surface area contributed by atoms with Crippen molar-refractivity contribution in [2.75, 3.05) is 19.3 Å². The van der Waals surface area contributed by atoms with Crippen molar-refractivity contribution in [3.8, 4) is 0 Å². The number of thiophene rings is 1. The van der Waals surface area contributed by atoms with Gasteiger partial charge in [-0.05, 0) is 17.7 Å². The van der Waals surface area contributed by atoms with Crippen molar-refractivity contribution in [1.82, 2.24) is 4.90 Å². The molecule has 0 spiro atoms. The smallest absolute Gasteiger partial charge is 0.343 e. The number of hydrogen-bond acceptors (Lipinski definition) is 4. The van der Waals surface area contributed by atoms with Crippen molar-refractivity contribution in [3.63, 3.8) is 0 Å². The molecule has 1 saturated heterocycles. The zero-order valence-electron chi connectivity index (χ0n) is 9.68. The molecule has 0 bridgehead atoms. The first-order valence-corrected chi connectivity index (χ1v) is 7.41. The van der Waals surface area contributed by atoms with Crippen LogP contribution in [0.5, 0.6) is 0 Å². The number of rotatable bonds is 3. The average Bonchev–Trinajstić information content (AvgIpc) is 2.94. The highest BCUT2D eigenvalue weighted by molar-refractivity contribution is 7.98. The Bertz CT molecular complexity index is 490. The molecular formula is C11H12FNO3S2. The number of carboxylic acid groups (broad SMARTS) is 1. The van der Waals surface area contributed by atoms with Crippen LogP contribution in [0.3, 0.4) is 0 Å². The minimum absolute atomic E-state index is 0.145. The van der Waals surface area contributed by atoms with Crippen LogP contribution in [0.2, 0.25) is 0 Å². The summed E-state index contributed by atoms with van der Waals surface area (Å²) in [6.45, 7) is -0.222. The van der Waals surface area contributed by atoms with Gasteiger partial charge in [0, 0.05) is 17.9 Å². The number of halogens is 1. The van der Waals surface area contributed by atoms with E-state index in [1.165, 1.54) is 28.0 Å². The number of amides is 1. The normalized spacial score (nSPS) is 23.3. The standard InChI is InChI=1S/C11H12FNO3S2/c1-17-7-2-5-18-8(7)9(14)13-4-3-11(12,6-13)10(15)16/h2,5H,3-4,6H2,1H3,(H,15,16). The number of carbonyl (C=O) groups excluding carboxylic acids is 1. The first kappa shape index (κ1) is 13.4. The molecule has 0 aromatic carbocycles. The monoisotopic (exact) mass is 289 g/mol. The van der Waals surface area contributed by atoms with Gasteiger partial charge in [-0.2, -0.15) is 0 Å². The van der Waals surface area contributed by atoms with Gasteiger partial charge in [-0.15, -0.1) is 23.1 Å². The highest BCUT2D eigenvalue weighted by atomic mass is 32.2. The Balaban J connectivity index is 2.15. The molecule has 7 heteroatoms. The van der Waals surface area contributed by atoms with Gasteiger partial charge < -0.3 is 10.0 Å². The van der Waals surface area contributed by atoms with Crippen LogP contribution >= 0.6 is 23.1 Å². The Labute approximate surface area is 112 Å². The predicted octanol–water partition coefficient (Wildman–Crippen LogP) is 2.11. The second-order valence-electron chi connectivity index (χ2n) is 4.07. The summed E-state index contributed by atoms with van der Waals surface area (Å²) < 4.78 is 13.9. The van der Waals surface area contributed by atoms with Crippen LogP contribution in [0.15, 0.2) is 16.3 Å². The summed E-state index contributed by atoms with van der Waals surface area (Å²) in [5.74, 6) is -1.77. The van der Waals surface area contributed by atoms with E-state index in [0.29, 0.717) is 4.88 Å². The third kappa shape index (κ3) is 2.24. The zero-order chi connectivity index (χ0) is 13.3. The van der Waals surface area contributed by atoms with Gasteiger partial charge in [-0.1, -0.05) is 0 Å². The third-order valence-corrected chi connectivity index (χ3v) is 4.74. The number of alkyl halides is 1. The number of hydrogen-bond donors (Lipinski definition) is 1. The van der Waals surface area contributed by atoms with E-state index >= 15 is 0 Å². The van der Waals surface area contributed by atoms with Gasteiger partial charge in [0.25, 0.3) is 5.91 Å². The highest BCUT2D eigenvalue weighted by Gasteiger charge is 2.47. The number of carboxylic acids is 1. The molecule has 4 nitrogen and oxygen atoms in total. The summed E-state index contributed by atoms with van der Waals surface area (Å²) in [4.78, 5) is 25.6. The minimum atomic E-state index is -2.30. The summed E-state index contributed by atoms with van der Waals surface area (Å²) in [5, 5.41) is 10.6. The van der Waals surface area contributed by atoms with Gasteiger partial charge in [-0.3, -0.25) is 4.79 Å². The molecule has 1 atom stereocenters. The van der Waals surface area contributed by atoms with Crippen molar-refractivity contribution >= 4 is 35.0 Å². The maximum Gasteiger partial charge on any atom is 0.343 e. The molecule has 1 aromatic rings. The Kier molecular flexibility index (Phi) is 3.63. The van der Waals surface area contributed by atoms with E-state index in [9.17, 15) is 14.0 Å². The second kappa shape index (κ2) is 4.89. The molecule has 2 rings (SSSR count). The second-order valence-corrected chi connectivity index (χ2v) is 5.83. The quantitative estimate of drug-likeness (QED) is 0.866. The fourth-order valence-electron chi connectivity index (χ4n) is 1.88. The molecule has 1 amide bonds. The summed E-state index contributed by atoms with van der Waals surface area (Å²) in [5.41, 5.74) is -2.30. The first-order valence-electron chi connectivity index (χ1n) is 5.31. The van der Waals surface area contributed by atoms with E-state index in [1.807, 2.05) is 12.3 Å². The van der Waals surface area contributed by atoms with Gasteiger partial charge in [-0.25, -0.2) is 9.18 Å². The fraction of sp³-hybridized carbons (Fsp3) is 0.455. The molecule has 1 fully saturated rings. The Morgan fingerprint density at radius 3 is 2.89 bits per heavy atom. The summed E-state index contributed by atoms with van der Waals surface area (Å²) in [7, 11) is 0. The van der Waals surface area contributed by atoms with Crippen molar-refractivity contribution < 1.29 is 19.1 Å². The highest BCUT2D eigenvalue weighted by Crippen LogP contribution is 2.31. The van der Waals surface area contributed by atoms with Crippen LogP contribution in [0.4, 0.5) is 4.39 Å². The van der Waals surface area contributed by atoms with E-state index < -0.39 is 11.6 Å². The largest absolute Gasteiger partial charge is 0.479 e. The van der Waals surface area contributed by atoms with Gasteiger partial charge in [0.05, 0.1) is 6.54 Å². The molecule has 1 unspecified atom stereocenters. The van der Waals surface area contributed by atoms with E-state index in [-0.39, 0.29) is 25.4 Å². The molecule has 0 radical (unpaired) electrons. The lowest BCUT2D eigenvalue weighted by Crippen LogP contribution is -2.38. The van der Waals surface area contributed by atoms with Crippen LogP contribution in [-0.4, -0.2) is 46.9 Å². The van der Waals surface area contributed by atoms with Crippen LogP contribution in [0.25, 0.3) is 0 Å². The molecule has 1 aliphatic heterocycles. The fourth-order valence-corrected chi connectivity index (χ4v) is 3.59. The summed E-state index contributed by atoms with van der Waals surface area (Å²) in [6.07, 6.45) is 1.72. The van der Waals surface area contributed by atoms with Crippen LogP contribution < -0.4 is 0 Å². The number of carbonyl (C=O) groups is 2. The average molecular weight is 289 g/mol. The number of aliphatic carboxylic acids is 1. The topological polar surface area (TPSA) is 57.6 Å². The van der Waals surface area contributed by atoms with Crippen LogP contribution in [0.1, 0.15) is 16.1 Å². The SMILES string of the molecule is CSc1ccsc1C(=O)N1CCC(F)(C(=O)O)C1. The first-order chi connectivity index (χ1) is 8.48. The molecular weight excluding hydrogens is 277 g/mol. The maximum atomic E-state index is 13.9. The van der Waals surface area contributed by atoms with E-state index in [1.54, 1.807) is 5.38 Å². The Morgan fingerprint density at radius 1 is 1.61 bits per heavy atom. The van der Waals surface area contributed by atoms with Crippen molar-refractivity contribution in [2.24, 2.45) is 0 Å². The third-order valence-electron chi connectivity index (χ3n) is 2.93. The summed E-state index contributed by atoms with van der Waals surface area (Å²) >= 11 is 2.74. The summed E-state index contributed by atoms with van der Waals surface area (Å²) in [6, 6.07) is 1.83. The van der Waals surface area contributed by atoms with Gasteiger partial charge in [0.1, 0.15) is 4.88 Å². The zero-order valence-corrected chi connectivity index (χ0v) is 11.3.